The topological polar surface area (TPSA) is 50.7 Å². The van der Waals surface area contributed by atoms with Crippen molar-refractivity contribution < 1.29 is 0 Å². The van der Waals surface area contributed by atoms with Crippen molar-refractivity contribution in [2.45, 2.75) is 31.4 Å². The first-order valence-corrected chi connectivity index (χ1v) is 7.84. The molecular formula is C14H20N4S. The molecule has 0 saturated heterocycles. The summed E-state index contributed by atoms with van der Waals surface area (Å²) in [6.07, 6.45) is 4.41. The summed E-state index contributed by atoms with van der Waals surface area (Å²) in [6, 6.07) is 7.78. The molecule has 0 amide bonds. The highest BCUT2D eigenvalue weighted by molar-refractivity contribution is 8.00. The third-order valence-electron chi connectivity index (χ3n) is 3.65. The minimum absolute atomic E-state index is 0.245. The molecule has 0 aliphatic heterocycles. The van der Waals surface area contributed by atoms with Crippen molar-refractivity contribution in [2.75, 3.05) is 18.1 Å². The molecule has 19 heavy (non-hydrogen) atoms. The first kappa shape index (κ1) is 14.1. The molecule has 0 unspecified atom stereocenters. The van der Waals surface area contributed by atoms with Gasteiger partial charge in [-0.15, -0.1) is 10.2 Å². The van der Waals surface area contributed by atoms with E-state index in [1.807, 2.05) is 36.0 Å². The third-order valence-corrected chi connectivity index (χ3v) is 5.24. The van der Waals surface area contributed by atoms with Crippen LogP contribution in [0.5, 0.6) is 0 Å². The van der Waals surface area contributed by atoms with Crippen molar-refractivity contribution in [3.8, 4) is 0 Å². The van der Waals surface area contributed by atoms with Gasteiger partial charge in [0.15, 0.2) is 0 Å². The van der Waals surface area contributed by atoms with E-state index in [0.29, 0.717) is 5.95 Å². The van der Waals surface area contributed by atoms with Crippen molar-refractivity contribution in [3.05, 3.63) is 24.3 Å². The Morgan fingerprint density at radius 1 is 1.11 bits per heavy atom. The number of para-hydroxylation sites is 1. The summed E-state index contributed by atoms with van der Waals surface area (Å²) in [5.41, 5.74) is 1.71. The number of anilines is 1. The summed E-state index contributed by atoms with van der Waals surface area (Å²) in [7, 11) is 0. The van der Waals surface area contributed by atoms with E-state index in [-0.39, 0.29) is 4.75 Å². The van der Waals surface area contributed by atoms with Crippen LogP contribution in [0.4, 0.5) is 5.95 Å². The molecule has 0 aliphatic carbocycles. The van der Waals surface area contributed by atoms with Crippen LogP contribution in [0.3, 0.4) is 0 Å². The summed E-state index contributed by atoms with van der Waals surface area (Å²) in [5.74, 6) is 0.610. The molecule has 1 aromatic carbocycles. The van der Waals surface area contributed by atoms with Crippen molar-refractivity contribution >= 4 is 28.7 Å². The Hall–Kier alpha value is -1.36. The van der Waals surface area contributed by atoms with Crippen LogP contribution >= 0.6 is 11.8 Å². The van der Waals surface area contributed by atoms with Crippen LogP contribution < -0.4 is 5.32 Å². The Bertz CT molecular complexity index is 531. The molecule has 1 heterocycles. The van der Waals surface area contributed by atoms with Gasteiger partial charge in [-0.3, -0.25) is 0 Å². The molecule has 0 saturated carbocycles. The Morgan fingerprint density at radius 2 is 1.79 bits per heavy atom. The number of fused-ring (bicyclic) bond motifs is 1. The van der Waals surface area contributed by atoms with E-state index in [9.17, 15) is 0 Å². The minimum Gasteiger partial charge on any atom is -0.352 e. The fraction of sp³-hybridized carbons (Fsp3) is 0.500. The molecular weight excluding hydrogens is 256 g/mol. The Kier molecular flexibility index (Phi) is 4.58. The van der Waals surface area contributed by atoms with Crippen LogP contribution in [0.1, 0.15) is 26.7 Å². The third kappa shape index (κ3) is 3.15. The second-order valence-electron chi connectivity index (χ2n) is 4.57. The van der Waals surface area contributed by atoms with Gasteiger partial charge in [0.2, 0.25) is 5.95 Å². The Labute approximate surface area is 118 Å². The zero-order valence-corrected chi connectivity index (χ0v) is 12.5. The number of hydrogen-bond donors (Lipinski definition) is 1. The van der Waals surface area contributed by atoms with Gasteiger partial charge in [-0.1, -0.05) is 26.0 Å². The molecule has 0 fully saturated rings. The maximum Gasteiger partial charge on any atom is 0.243 e. The maximum absolute atomic E-state index is 4.49. The summed E-state index contributed by atoms with van der Waals surface area (Å²) >= 11 is 1.90. The van der Waals surface area contributed by atoms with Crippen molar-refractivity contribution in [1.82, 2.24) is 15.2 Å². The summed E-state index contributed by atoms with van der Waals surface area (Å²) in [4.78, 5) is 4.49. The smallest absolute Gasteiger partial charge is 0.243 e. The number of rotatable bonds is 6. The van der Waals surface area contributed by atoms with Gasteiger partial charge in [0.25, 0.3) is 0 Å². The van der Waals surface area contributed by atoms with Gasteiger partial charge in [-0.25, -0.2) is 4.98 Å². The predicted octanol–water partition coefficient (Wildman–Crippen LogP) is 3.36. The molecule has 0 atom stereocenters. The first-order chi connectivity index (χ1) is 9.23. The molecule has 102 valence electrons. The zero-order valence-electron chi connectivity index (χ0n) is 11.7. The van der Waals surface area contributed by atoms with Gasteiger partial charge in [0.1, 0.15) is 5.52 Å². The second kappa shape index (κ2) is 6.19. The highest BCUT2D eigenvalue weighted by atomic mass is 32.2. The van der Waals surface area contributed by atoms with Crippen LogP contribution in [0, 0.1) is 0 Å². The lowest BCUT2D eigenvalue weighted by molar-refractivity contribution is 0.572. The number of hydrogen-bond acceptors (Lipinski definition) is 5. The summed E-state index contributed by atoms with van der Waals surface area (Å²) in [6.45, 7) is 5.31. The fourth-order valence-electron chi connectivity index (χ4n) is 2.06. The minimum atomic E-state index is 0.245. The van der Waals surface area contributed by atoms with E-state index in [1.165, 1.54) is 0 Å². The highest BCUT2D eigenvalue weighted by Gasteiger charge is 2.24. The average molecular weight is 276 g/mol. The number of nitrogens with zero attached hydrogens (tertiary/aromatic N) is 3. The van der Waals surface area contributed by atoms with Crippen molar-refractivity contribution in [2.24, 2.45) is 0 Å². The molecule has 0 spiro atoms. The molecule has 0 aliphatic rings. The van der Waals surface area contributed by atoms with Gasteiger partial charge in [-0.2, -0.15) is 11.8 Å². The lowest BCUT2D eigenvalue weighted by Gasteiger charge is -2.29. The van der Waals surface area contributed by atoms with Crippen molar-refractivity contribution in [3.63, 3.8) is 0 Å². The van der Waals surface area contributed by atoms with Gasteiger partial charge < -0.3 is 5.32 Å². The lowest BCUT2D eigenvalue weighted by atomic mass is 10.0. The van der Waals surface area contributed by atoms with Gasteiger partial charge in [-0.05, 0) is 31.2 Å². The largest absolute Gasteiger partial charge is 0.352 e. The van der Waals surface area contributed by atoms with Crippen molar-refractivity contribution in [1.29, 1.82) is 0 Å². The molecule has 1 N–H and O–H groups in total. The molecule has 0 radical (unpaired) electrons. The highest BCUT2D eigenvalue weighted by Crippen LogP contribution is 2.30. The monoisotopic (exact) mass is 276 g/mol. The van der Waals surface area contributed by atoms with Gasteiger partial charge in [0.05, 0.1) is 5.52 Å². The zero-order chi connectivity index (χ0) is 13.7. The van der Waals surface area contributed by atoms with Gasteiger partial charge >= 0.3 is 0 Å². The number of thioether (sulfide) groups is 1. The summed E-state index contributed by atoms with van der Waals surface area (Å²) in [5, 5.41) is 11.6. The first-order valence-electron chi connectivity index (χ1n) is 6.61. The molecule has 2 aromatic rings. The van der Waals surface area contributed by atoms with E-state index >= 15 is 0 Å². The molecule has 0 bridgehead atoms. The average Bonchev–Trinajstić information content (AvgIpc) is 2.49. The Morgan fingerprint density at radius 3 is 2.42 bits per heavy atom. The fourth-order valence-corrected chi connectivity index (χ4v) is 2.85. The van der Waals surface area contributed by atoms with E-state index in [0.717, 1.165) is 30.4 Å². The maximum atomic E-state index is 4.49. The van der Waals surface area contributed by atoms with E-state index < -0.39 is 0 Å². The SMILES string of the molecule is CCC(CC)(CNc1nnc2ccccc2n1)SC. The lowest BCUT2D eigenvalue weighted by Crippen LogP contribution is -2.32. The standard InChI is InChI=1S/C14H20N4S/c1-4-14(5-2,19-3)10-15-13-16-11-8-6-7-9-12(11)17-18-13/h6-9H,4-5,10H2,1-3H3,(H,15,16,18). The van der Waals surface area contributed by atoms with Gasteiger partial charge in [0, 0.05) is 11.3 Å². The predicted molar refractivity (Wildman–Crippen MR) is 82.7 cm³/mol. The van der Waals surface area contributed by atoms with E-state index in [1.54, 1.807) is 0 Å². The normalized spacial score (nSPS) is 11.7. The van der Waals surface area contributed by atoms with Crippen LogP contribution in [-0.4, -0.2) is 32.7 Å². The summed E-state index contributed by atoms with van der Waals surface area (Å²) < 4.78 is 0.245. The molecule has 2 rings (SSSR count). The molecule has 1 aromatic heterocycles. The van der Waals surface area contributed by atoms with Crippen LogP contribution in [0.25, 0.3) is 11.0 Å². The van der Waals surface area contributed by atoms with E-state index in [4.69, 9.17) is 0 Å². The van der Waals surface area contributed by atoms with Crippen LogP contribution in [0.2, 0.25) is 0 Å². The Balaban J connectivity index is 2.13. The number of benzene rings is 1. The van der Waals surface area contributed by atoms with Crippen LogP contribution in [0.15, 0.2) is 24.3 Å². The number of nitrogens with one attached hydrogen (secondary N) is 1. The number of aromatic nitrogens is 3. The van der Waals surface area contributed by atoms with Crippen LogP contribution in [-0.2, 0) is 0 Å². The molecule has 4 nitrogen and oxygen atoms in total. The molecule has 5 heteroatoms. The second-order valence-corrected chi connectivity index (χ2v) is 5.85. The van der Waals surface area contributed by atoms with E-state index in [2.05, 4.69) is 40.6 Å². The quantitative estimate of drug-likeness (QED) is 0.876.